The molecule has 2 aromatic heterocycles. The molecule has 0 spiro atoms. The molecule has 2 amide bonds. The average Bonchev–Trinajstić information content (AvgIpc) is 3.27. The molecule has 140 valence electrons. The van der Waals surface area contributed by atoms with E-state index in [9.17, 15) is 9.59 Å². The van der Waals surface area contributed by atoms with Crippen molar-refractivity contribution < 1.29 is 23.2 Å². The number of carbonyl (C=O) groups is 2. The summed E-state index contributed by atoms with van der Waals surface area (Å²) < 4.78 is 16.1. The van der Waals surface area contributed by atoms with Gasteiger partial charge >= 0.3 is 0 Å². The normalized spacial score (nSPS) is 14.5. The van der Waals surface area contributed by atoms with E-state index in [4.69, 9.17) is 13.6 Å². The maximum absolute atomic E-state index is 13.0. The Morgan fingerprint density at radius 2 is 2.00 bits per heavy atom. The smallest absolute Gasteiger partial charge is 0.257 e. The van der Waals surface area contributed by atoms with Crippen LogP contribution in [0, 0.1) is 13.8 Å². The second kappa shape index (κ2) is 8.23. The van der Waals surface area contributed by atoms with Gasteiger partial charge in [-0.05, 0) is 32.0 Å². The van der Waals surface area contributed by atoms with Crippen LogP contribution in [0.4, 0.5) is 0 Å². The van der Waals surface area contributed by atoms with Crippen LogP contribution in [-0.2, 0) is 16.1 Å². The van der Waals surface area contributed by atoms with Crippen molar-refractivity contribution >= 4 is 11.8 Å². The molecule has 1 fully saturated rings. The first-order valence-electron chi connectivity index (χ1n) is 8.79. The summed E-state index contributed by atoms with van der Waals surface area (Å²) in [7, 11) is 0. The van der Waals surface area contributed by atoms with Crippen molar-refractivity contribution in [3.63, 3.8) is 0 Å². The third-order valence-electron chi connectivity index (χ3n) is 4.44. The topological polar surface area (TPSA) is 76.1 Å². The second-order valence-electron chi connectivity index (χ2n) is 6.38. The minimum Gasteiger partial charge on any atom is -0.467 e. The molecule has 0 bridgehead atoms. The van der Waals surface area contributed by atoms with E-state index in [-0.39, 0.29) is 18.2 Å². The van der Waals surface area contributed by atoms with E-state index in [2.05, 4.69) is 0 Å². The maximum Gasteiger partial charge on any atom is 0.257 e. The fourth-order valence-corrected chi connectivity index (χ4v) is 3.06. The highest BCUT2D eigenvalue weighted by Gasteiger charge is 2.24. The van der Waals surface area contributed by atoms with Crippen LogP contribution in [0.2, 0.25) is 0 Å². The van der Waals surface area contributed by atoms with E-state index >= 15 is 0 Å². The van der Waals surface area contributed by atoms with Crippen molar-refractivity contribution in [2.75, 3.05) is 32.8 Å². The number of carbonyl (C=O) groups excluding carboxylic acids is 2. The van der Waals surface area contributed by atoms with E-state index < -0.39 is 0 Å². The quantitative estimate of drug-likeness (QED) is 0.790. The summed E-state index contributed by atoms with van der Waals surface area (Å²) in [5.41, 5.74) is 0.521. The van der Waals surface area contributed by atoms with Gasteiger partial charge in [0.25, 0.3) is 5.91 Å². The Hall–Kier alpha value is -2.54. The van der Waals surface area contributed by atoms with Gasteiger partial charge in [0.1, 0.15) is 17.3 Å². The summed E-state index contributed by atoms with van der Waals surface area (Å²) in [4.78, 5) is 28.8. The van der Waals surface area contributed by atoms with E-state index in [1.165, 1.54) is 0 Å². The molecular weight excluding hydrogens is 336 g/mol. The lowest BCUT2D eigenvalue weighted by Gasteiger charge is -2.28. The molecule has 0 aliphatic carbocycles. The summed E-state index contributed by atoms with van der Waals surface area (Å²) in [5, 5.41) is 0. The van der Waals surface area contributed by atoms with Crippen LogP contribution in [0.25, 0.3) is 0 Å². The Morgan fingerprint density at radius 1 is 1.23 bits per heavy atom. The molecule has 0 unspecified atom stereocenters. The molecule has 0 saturated carbocycles. The van der Waals surface area contributed by atoms with Crippen molar-refractivity contribution in [1.82, 2.24) is 9.80 Å². The van der Waals surface area contributed by atoms with Crippen LogP contribution in [-0.4, -0.2) is 54.5 Å². The predicted molar refractivity (Wildman–Crippen MR) is 93.6 cm³/mol. The number of furan rings is 2. The first-order chi connectivity index (χ1) is 12.5. The monoisotopic (exact) mass is 360 g/mol. The zero-order valence-electron chi connectivity index (χ0n) is 15.2. The number of ether oxygens (including phenoxy) is 1. The van der Waals surface area contributed by atoms with E-state index in [0.29, 0.717) is 62.2 Å². The van der Waals surface area contributed by atoms with Crippen LogP contribution in [0.3, 0.4) is 0 Å². The van der Waals surface area contributed by atoms with Gasteiger partial charge in [0.05, 0.1) is 31.6 Å². The number of morpholine rings is 1. The highest BCUT2D eigenvalue weighted by Crippen LogP contribution is 2.18. The van der Waals surface area contributed by atoms with E-state index in [1.807, 2.05) is 13.0 Å². The van der Waals surface area contributed by atoms with Crippen molar-refractivity contribution in [2.24, 2.45) is 0 Å². The SMILES string of the molecule is Cc1cc(C(=O)N(CCC(=O)N2CCOCC2)Cc2ccco2)c(C)o1. The van der Waals surface area contributed by atoms with Crippen molar-refractivity contribution in [2.45, 2.75) is 26.8 Å². The zero-order valence-corrected chi connectivity index (χ0v) is 15.2. The lowest BCUT2D eigenvalue weighted by Crippen LogP contribution is -2.42. The van der Waals surface area contributed by atoms with Gasteiger partial charge in [0.2, 0.25) is 5.91 Å². The number of rotatable bonds is 6. The van der Waals surface area contributed by atoms with Crippen molar-refractivity contribution in [1.29, 1.82) is 0 Å². The highest BCUT2D eigenvalue weighted by molar-refractivity contribution is 5.95. The summed E-state index contributed by atoms with van der Waals surface area (Å²) in [6.45, 7) is 6.54. The molecule has 3 rings (SSSR count). The Balaban J connectivity index is 1.69. The first kappa shape index (κ1) is 18.3. The summed E-state index contributed by atoms with van der Waals surface area (Å²) >= 11 is 0. The summed E-state index contributed by atoms with van der Waals surface area (Å²) in [6.07, 6.45) is 1.84. The molecule has 0 N–H and O–H groups in total. The number of aryl methyl sites for hydroxylation is 2. The van der Waals surface area contributed by atoms with Crippen LogP contribution in [0.5, 0.6) is 0 Å². The van der Waals surface area contributed by atoms with Gasteiger partial charge < -0.3 is 23.4 Å². The average molecular weight is 360 g/mol. The van der Waals surface area contributed by atoms with Gasteiger partial charge in [-0.15, -0.1) is 0 Å². The number of amides is 2. The molecule has 7 heteroatoms. The number of nitrogens with zero attached hydrogens (tertiary/aromatic N) is 2. The molecule has 1 aliphatic heterocycles. The number of hydrogen-bond acceptors (Lipinski definition) is 5. The first-order valence-corrected chi connectivity index (χ1v) is 8.79. The van der Waals surface area contributed by atoms with Crippen LogP contribution >= 0.6 is 0 Å². The third-order valence-corrected chi connectivity index (χ3v) is 4.44. The second-order valence-corrected chi connectivity index (χ2v) is 6.38. The van der Waals surface area contributed by atoms with Gasteiger partial charge in [0, 0.05) is 26.1 Å². The Kier molecular flexibility index (Phi) is 5.78. The third kappa shape index (κ3) is 4.35. The van der Waals surface area contributed by atoms with Gasteiger partial charge in [-0.1, -0.05) is 0 Å². The van der Waals surface area contributed by atoms with Gasteiger partial charge in [-0.2, -0.15) is 0 Å². The minimum atomic E-state index is -0.162. The van der Waals surface area contributed by atoms with Gasteiger partial charge in [-0.3, -0.25) is 9.59 Å². The fraction of sp³-hybridized carbons (Fsp3) is 0.474. The van der Waals surface area contributed by atoms with E-state index in [0.717, 1.165) is 0 Å². The Morgan fingerprint density at radius 3 is 2.62 bits per heavy atom. The van der Waals surface area contributed by atoms with Crippen LogP contribution in [0.15, 0.2) is 33.3 Å². The van der Waals surface area contributed by atoms with Crippen molar-refractivity contribution in [3.05, 3.63) is 47.3 Å². The zero-order chi connectivity index (χ0) is 18.5. The molecule has 1 aliphatic rings. The molecule has 2 aromatic rings. The minimum absolute atomic E-state index is 0.0330. The standard InChI is InChI=1S/C19H24N2O5/c1-14-12-17(15(2)26-14)19(23)21(13-16-4-3-9-25-16)6-5-18(22)20-7-10-24-11-8-20/h3-4,9,12H,5-8,10-11,13H2,1-2H3. The molecule has 7 nitrogen and oxygen atoms in total. The highest BCUT2D eigenvalue weighted by atomic mass is 16.5. The predicted octanol–water partition coefficient (Wildman–Crippen LogP) is 2.38. The fourth-order valence-electron chi connectivity index (χ4n) is 3.06. The van der Waals surface area contributed by atoms with E-state index in [1.54, 1.807) is 35.1 Å². The summed E-state index contributed by atoms with van der Waals surface area (Å²) in [5.74, 6) is 1.82. The van der Waals surface area contributed by atoms with Crippen LogP contribution < -0.4 is 0 Å². The molecular formula is C19H24N2O5. The maximum atomic E-state index is 13.0. The van der Waals surface area contributed by atoms with Crippen LogP contribution in [0.1, 0.15) is 34.1 Å². The molecule has 26 heavy (non-hydrogen) atoms. The Labute approximate surface area is 152 Å². The van der Waals surface area contributed by atoms with Crippen molar-refractivity contribution in [3.8, 4) is 0 Å². The van der Waals surface area contributed by atoms with Gasteiger partial charge in [0.15, 0.2) is 0 Å². The molecule has 3 heterocycles. The molecule has 0 radical (unpaired) electrons. The lowest BCUT2D eigenvalue weighted by molar-refractivity contribution is -0.135. The number of hydrogen-bond donors (Lipinski definition) is 0. The lowest BCUT2D eigenvalue weighted by atomic mass is 10.2. The Bertz CT molecular complexity index is 744. The molecule has 0 aromatic carbocycles. The van der Waals surface area contributed by atoms with Gasteiger partial charge in [-0.25, -0.2) is 0 Å². The molecule has 1 saturated heterocycles. The molecule has 0 atom stereocenters. The largest absolute Gasteiger partial charge is 0.467 e. The summed E-state index contributed by atoms with van der Waals surface area (Å²) in [6, 6.07) is 5.33.